The van der Waals surface area contributed by atoms with Gasteiger partial charge in [-0.05, 0) is 56.3 Å². The average molecular weight is 355 g/mol. The van der Waals surface area contributed by atoms with Crippen LogP contribution in [0.3, 0.4) is 0 Å². The van der Waals surface area contributed by atoms with E-state index in [9.17, 15) is 0 Å². The Morgan fingerprint density at radius 2 is 1.46 bits per heavy atom. The lowest BCUT2D eigenvalue weighted by Gasteiger charge is -2.36. The van der Waals surface area contributed by atoms with Crippen LogP contribution in [-0.2, 0) is 5.41 Å². The molecule has 4 aromatic rings. The molecule has 126 valence electrons. The molecule has 0 N–H and O–H groups in total. The van der Waals surface area contributed by atoms with Gasteiger partial charge in [-0.3, -0.25) is 0 Å². The van der Waals surface area contributed by atoms with Crippen LogP contribution >= 0.6 is 11.6 Å². The minimum Gasteiger partial charge on any atom is -0.0843 e. The molecular weight excluding hydrogens is 336 g/mol. The second-order valence-electron chi connectivity index (χ2n) is 7.57. The van der Waals surface area contributed by atoms with Crippen molar-refractivity contribution in [3.8, 4) is 22.3 Å². The van der Waals surface area contributed by atoms with Crippen LogP contribution in [0.5, 0.6) is 0 Å². The molecule has 5 rings (SSSR count). The third-order valence-corrected chi connectivity index (χ3v) is 5.96. The van der Waals surface area contributed by atoms with Gasteiger partial charge in [0.05, 0.1) is 0 Å². The summed E-state index contributed by atoms with van der Waals surface area (Å²) in [6.45, 7) is 4.60. The van der Waals surface area contributed by atoms with E-state index in [4.69, 9.17) is 11.6 Å². The second kappa shape index (κ2) is 5.46. The van der Waals surface area contributed by atoms with E-state index < -0.39 is 0 Å². The van der Waals surface area contributed by atoms with Gasteiger partial charge in [0.25, 0.3) is 0 Å². The van der Waals surface area contributed by atoms with Gasteiger partial charge in [-0.15, -0.1) is 0 Å². The molecule has 0 amide bonds. The van der Waals surface area contributed by atoms with Gasteiger partial charge in [0.15, 0.2) is 0 Å². The fourth-order valence-electron chi connectivity index (χ4n) is 4.43. The van der Waals surface area contributed by atoms with Crippen molar-refractivity contribution in [1.29, 1.82) is 0 Å². The molecule has 1 aliphatic carbocycles. The molecule has 0 radical (unpaired) electrons. The van der Waals surface area contributed by atoms with E-state index in [1.54, 1.807) is 0 Å². The van der Waals surface area contributed by atoms with E-state index >= 15 is 0 Å². The van der Waals surface area contributed by atoms with Crippen molar-refractivity contribution in [1.82, 2.24) is 0 Å². The van der Waals surface area contributed by atoms with Crippen LogP contribution in [0.4, 0.5) is 0 Å². The molecule has 0 saturated carbocycles. The quantitative estimate of drug-likeness (QED) is 0.332. The average Bonchev–Trinajstić information content (AvgIpc) is 2.66. The molecule has 0 atom stereocenters. The van der Waals surface area contributed by atoms with Gasteiger partial charge in [-0.25, -0.2) is 0 Å². The molecule has 0 heterocycles. The highest BCUT2D eigenvalue weighted by atomic mass is 35.5. The van der Waals surface area contributed by atoms with Crippen molar-refractivity contribution < 1.29 is 0 Å². The normalized spacial score (nSPS) is 14.3. The van der Waals surface area contributed by atoms with Crippen LogP contribution in [0.15, 0.2) is 78.9 Å². The Hall–Kier alpha value is -2.57. The molecule has 0 nitrogen and oxygen atoms in total. The SMILES string of the molecule is CC1(C)c2cc(Cl)ccc2-c2c(-c3ccccc3)ccc3cccc1c23. The summed E-state index contributed by atoms with van der Waals surface area (Å²) in [5.41, 5.74) is 7.75. The Labute approximate surface area is 159 Å². The van der Waals surface area contributed by atoms with Crippen LogP contribution < -0.4 is 0 Å². The Bertz CT molecular complexity index is 1150. The zero-order chi connectivity index (χ0) is 17.9. The Balaban J connectivity index is 2.00. The lowest BCUT2D eigenvalue weighted by molar-refractivity contribution is 0.645. The Morgan fingerprint density at radius 1 is 0.692 bits per heavy atom. The first-order valence-electron chi connectivity index (χ1n) is 8.99. The first-order chi connectivity index (χ1) is 12.6. The van der Waals surface area contributed by atoms with Gasteiger partial charge in [0.1, 0.15) is 0 Å². The summed E-state index contributed by atoms with van der Waals surface area (Å²) in [5, 5.41) is 3.46. The van der Waals surface area contributed by atoms with Gasteiger partial charge in [-0.1, -0.05) is 92.2 Å². The smallest absolute Gasteiger partial charge is 0.0409 e. The van der Waals surface area contributed by atoms with Gasteiger partial charge in [-0.2, -0.15) is 0 Å². The number of fused-ring (bicyclic) bond motifs is 2. The van der Waals surface area contributed by atoms with Crippen molar-refractivity contribution in [3.05, 3.63) is 95.0 Å². The number of rotatable bonds is 1. The predicted octanol–water partition coefficient (Wildman–Crippen LogP) is 7.47. The number of hydrogen-bond donors (Lipinski definition) is 0. The minimum atomic E-state index is -0.0813. The fourth-order valence-corrected chi connectivity index (χ4v) is 4.61. The molecule has 0 unspecified atom stereocenters. The number of hydrogen-bond acceptors (Lipinski definition) is 0. The van der Waals surface area contributed by atoms with Crippen molar-refractivity contribution in [2.45, 2.75) is 19.3 Å². The highest BCUT2D eigenvalue weighted by Crippen LogP contribution is 2.51. The second-order valence-corrected chi connectivity index (χ2v) is 8.01. The van der Waals surface area contributed by atoms with E-state index in [1.807, 2.05) is 6.07 Å². The van der Waals surface area contributed by atoms with Crippen LogP contribution in [0, 0.1) is 0 Å². The van der Waals surface area contributed by atoms with E-state index in [-0.39, 0.29) is 5.41 Å². The van der Waals surface area contributed by atoms with Crippen molar-refractivity contribution in [3.63, 3.8) is 0 Å². The fraction of sp³-hybridized carbons (Fsp3) is 0.120. The minimum absolute atomic E-state index is 0.0813. The van der Waals surface area contributed by atoms with Gasteiger partial charge < -0.3 is 0 Å². The molecule has 4 aromatic carbocycles. The Morgan fingerprint density at radius 3 is 2.27 bits per heavy atom. The third kappa shape index (κ3) is 2.09. The molecule has 0 spiro atoms. The van der Waals surface area contributed by atoms with Crippen molar-refractivity contribution in [2.24, 2.45) is 0 Å². The zero-order valence-corrected chi connectivity index (χ0v) is 15.6. The number of benzene rings is 4. The van der Waals surface area contributed by atoms with Crippen LogP contribution in [0.25, 0.3) is 33.0 Å². The molecule has 1 heteroatoms. The highest BCUT2D eigenvalue weighted by Gasteiger charge is 2.34. The topological polar surface area (TPSA) is 0 Å². The molecule has 0 fully saturated rings. The number of halogens is 1. The molecule has 0 bridgehead atoms. The Kier molecular flexibility index (Phi) is 3.29. The monoisotopic (exact) mass is 354 g/mol. The van der Waals surface area contributed by atoms with Crippen molar-refractivity contribution in [2.75, 3.05) is 0 Å². The van der Waals surface area contributed by atoms with Gasteiger partial charge in [0, 0.05) is 10.4 Å². The molecule has 0 aromatic heterocycles. The van der Waals surface area contributed by atoms with E-state index in [2.05, 4.69) is 86.6 Å². The third-order valence-electron chi connectivity index (χ3n) is 5.73. The molecule has 0 saturated heterocycles. The van der Waals surface area contributed by atoms with E-state index in [0.717, 1.165) is 5.02 Å². The summed E-state index contributed by atoms with van der Waals surface area (Å²) in [5.74, 6) is 0. The maximum absolute atomic E-state index is 6.39. The summed E-state index contributed by atoms with van der Waals surface area (Å²) in [6, 6.07) is 28.2. The summed E-state index contributed by atoms with van der Waals surface area (Å²) in [4.78, 5) is 0. The van der Waals surface area contributed by atoms with Crippen LogP contribution in [0.2, 0.25) is 5.02 Å². The lowest BCUT2D eigenvalue weighted by Crippen LogP contribution is -2.23. The maximum atomic E-state index is 6.39. The predicted molar refractivity (Wildman–Crippen MR) is 112 cm³/mol. The lowest BCUT2D eigenvalue weighted by atomic mass is 9.67. The largest absolute Gasteiger partial charge is 0.0843 e. The highest BCUT2D eigenvalue weighted by molar-refractivity contribution is 6.30. The summed E-state index contributed by atoms with van der Waals surface area (Å²) >= 11 is 6.39. The van der Waals surface area contributed by atoms with E-state index in [0.29, 0.717) is 0 Å². The first kappa shape index (κ1) is 15.7. The van der Waals surface area contributed by atoms with E-state index in [1.165, 1.54) is 44.2 Å². The summed E-state index contributed by atoms with van der Waals surface area (Å²) in [7, 11) is 0. The summed E-state index contributed by atoms with van der Waals surface area (Å²) < 4.78 is 0. The van der Waals surface area contributed by atoms with Crippen LogP contribution in [-0.4, -0.2) is 0 Å². The molecule has 26 heavy (non-hydrogen) atoms. The van der Waals surface area contributed by atoms with Gasteiger partial charge >= 0.3 is 0 Å². The summed E-state index contributed by atoms with van der Waals surface area (Å²) in [6.07, 6.45) is 0. The maximum Gasteiger partial charge on any atom is 0.0409 e. The van der Waals surface area contributed by atoms with Crippen molar-refractivity contribution >= 4 is 22.4 Å². The molecular formula is C25H19Cl. The van der Waals surface area contributed by atoms with Crippen LogP contribution in [0.1, 0.15) is 25.0 Å². The molecule has 1 aliphatic rings. The standard InChI is InChI=1S/C25H19Cl/c1-25(2)21-10-6-9-17-11-13-19(16-7-4-3-5-8-16)24(23(17)21)20-14-12-18(26)15-22(20)25/h3-15H,1-2H3. The zero-order valence-electron chi connectivity index (χ0n) is 14.9. The first-order valence-corrected chi connectivity index (χ1v) is 9.37. The molecule has 0 aliphatic heterocycles. The van der Waals surface area contributed by atoms with Gasteiger partial charge in [0.2, 0.25) is 0 Å².